The van der Waals surface area contributed by atoms with Crippen molar-refractivity contribution < 1.29 is 0 Å². The summed E-state index contributed by atoms with van der Waals surface area (Å²) in [6.45, 7) is 11.6. The van der Waals surface area contributed by atoms with Gasteiger partial charge in [0.2, 0.25) is 0 Å². The smallest absolute Gasteiger partial charge is 0.0128 e. The topological polar surface area (TPSA) is 0 Å². The van der Waals surface area contributed by atoms with Crippen LogP contribution in [-0.2, 0) is 12.8 Å². The highest BCUT2D eigenvalue weighted by atomic mass is 14.6. The summed E-state index contributed by atoms with van der Waals surface area (Å²) < 4.78 is 0. The van der Waals surface area contributed by atoms with Crippen LogP contribution in [0.1, 0.15) is 102 Å². The van der Waals surface area contributed by atoms with Gasteiger partial charge >= 0.3 is 0 Å². The Labute approximate surface area is 156 Å². The summed E-state index contributed by atoms with van der Waals surface area (Å²) in [6.07, 6.45) is 12.6. The number of hydrogen-bond donors (Lipinski definition) is 0. The predicted molar refractivity (Wildman–Crippen MR) is 110 cm³/mol. The maximum atomic E-state index is 2.64. The third-order valence-corrected chi connectivity index (χ3v) is 7.89. The quantitative estimate of drug-likeness (QED) is 0.521. The molecular weight excluding hydrogens is 300 g/mol. The van der Waals surface area contributed by atoms with Gasteiger partial charge in [0.25, 0.3) is 0 Å². The standard InChI is InChI=1S/C22H32.C3H8/c1-4-15-6-9-18-16(14-15)7-10-20-19(18)12-13-22(3)17(5-2)8-11-21(20)22;1-3-2/h6,9,14,17,19-21H,4-5,7-8,10-13H2,1-3H3;3H2,1-2H3/t17-,19?,20?,21?,22+;/m0./s1. The van der Waals surface area contributed by atoms with Crippen molar-refractivity contribution in [1.29, 1.82) is 0 Å². The zero-order valence-electron chi connectivity index (χ0n) is 17.4. The lowest BCUT2D eigenvalue weighted by atomic mass is 9.54. The van der Waals surface area contributed by atoms with Crippen LogP contribution in [0, 0.1) is 23.2 Å². The van der Waals surface area contributed by atoms with Crippen LogP contribution in [0.3, 0.4) is 0 Å². The summed E-state index contributed by atoms with van der Waals surface area (Å²) in [5.74, 6) is 3.87. The van der Waals surface area contributed by atoms with E-state index in [0.29, 0.717) is 5.41 Å². The molecule has 2 fully saturated rings. The molecule has 0 saturated heterocycles. The monoisotopic (exact) mass is 340 g/mol. The van der Waals surface area contributed by atoms with Gasteiger partial charge in [-0.3, -0.25) is 0 Å². The van der Waals surface area contributed by atoms with Crippen molar-refractivity contribution in [2.24, 2.45) is 23.2 Å². The van der Waals surface area contributed by atoms with Crippen molar-refractivity contribution in [3.8, 4) is 0 Å². The summed E-state index contributed by atoms with van der Waals surface area (Å²) >= 11 is 0. The van der Waals surface area contributed by atoms with E-state index in [4.69, 9.17) is 0 Å². The molecule has 0 heteroatoms. The summed E-state index contributed by atoms with van der Waals surface area (Å²) in [7, 11) is 0. The van der Waals surface area contributed by atoms with E-state index >= 15 is 0 Å². The Kier molecular flexibility index (Phi) is 5.96. The molecule has 0 spiro atoms. The average Bonchev–Trinajstić information content (AvgIpc) is 2.98. The van der Waals surface area contributed by atoms with Crippen LogP contribution in [0.25, 0.3) is 0 Å². The van der Waals surface area contributed by atoms with E-state index in [1.807, 2.05) is 0 Å². The Morgan fingerprint density at radius 3 is 2.44 bits per heavy atom. The molecule has 4 rings (SSSR count). The Bertz CT molecular complexity index is 571. The second-order valence-corrected chi connectivity index (χ2v) is 9.24. The van der Waals surface area contributed by atoms with Gasteiger partial charge < -0.3 is 0 Å². The first-order chi connectivity index (χ1) is 12.1. The van der Waals surface area contributed by atoms with Crippen molar-refractivity contribution in [3.05, 3.63) is 34.9 Å². The minimum absolute atomic E-state index is 0.663. The molecule has 0 amide bonds. The first kappa shape index (κ1) is 19.0. The highest BCUT2D eigenvalue weighted by Gasteiger charge is 2.53. The molecule has 25 heavy (non-hydrogen) atoms. The molecule has 3 aliphatic carbocycles. The molecule has 0 bridgehead atoms. The first-order valence-electron chi connectivity index (χ1n) is 11.2. The molecule has 0 aliphatic heterocycles. The van der Waals surface area contributed by atoms with E-state index in [1.165, 1.54) is 63.4 Å². The second-order valence-electron chi connectivity index (χ2n) is 9.24. The van der Waals surface area contributed by atoms with Gasteiger partial charge in [-0.1, -0.05) is 65.7 Å². The number of hydrogen-bond acceptors (Lipinski definition) is 0. The van der Waals surface area contributed by atoms with Gasteiger partial charge in [-0.2, -0.15) is 0 Å². The van der Waals surface area contributed by atoms with Crippen LogP contribution < -0.4 is 0 Å². The third kappa shape index (κ3) is 3.31. The Hall–Kier alpha value is -0.780. The van der Waals surface area contributed by atoms with Crippen molar-refractivity contribution in [2.75, 3.05) is 0 Å². The van der Waals surface area contributed by atoms with E-state index in [2.05, 4.69) is 52.8 Å². The molecule has 1 aromatic carbocycles. The highest BCUT2D eigenvalue weighted by molar-refractivity contribution is 5.38. The van der Waals surface area contributed by atoms with Crippen LogP contribution in [0.5, 0.6) is 0 Å². The maximum absolute atomic E-state index is 2.64. The van der Waals surface area contributed by atoms with Crippen molar-refractivity contribution in [3.63, 3.8) is 0 Å². The molecule has 140 valence electrons. The van der Waals surface area contributed by atoms with Crippen LogP contribution in [0.4, 0.5) is 0 Å². The number of fused-ring (bicyclic) bond motifs is 5. The fourth-order valence-corrected chi connectivity index (χ4v) is 6.63. The molecule has 0 radical (unpaired) electrons. The lowest BCUT2D eigenvalue weighted by Gasteiger charge is -2.51. The molecule has 1 aromatic rings. The van der Waals surface area contributed by atoms with Gasteiger partial charge in [-0.15, -0.1) is 0 Å². The van der Waals surface area contributed by atoms with E-state index < -0.39 is 0 Å². The van der Waals surface area contributed by atoms with E-state index in [0.717, 1.165) is 23.7 Å². The van der Waals surface area contributed by atoms with Crippen molar-refractivity contribution in [2.45, 2.75) is 98.3 Å². The van der Waals surface area contributed by atoms with Gasteiger partial charge in [-0.05, 0) is 90.7 Å². The van der Waals surface area contributed by atoms with Gasteiger partial charge in [0.1, 0.15) is 0 Å². The fourth-order valence-electron chi connectivity index (χ4n) is 6.63. The fraction of sp³-hybridized carbons (Fsp3) is 0.760. The predicted octanol–water partition coefficient (Wildman–Crippen LogP) is 7.55. The summed E-state index contributed by atoms with van der Waals surface area (Å²) in [6, 6.07) is 7.42. The normalized spacial score (nSPS) is 35.9. The van der Waals surface area contributed by atoms with E-state index in [-0.39, 0.29) is 0 Å². The molecule has 2 saturated carbocycles. The molecule has 0 nitrogen and oxygen atoms in total. The van der Waals surface area contributed by atoms with Crippen LogP contribution in [0.2, 0.25) is 0 Å². The maximum Gasteiger partial charge on any atom is -0.0128 e. The largest absolute Gasteiger partial charge is 0.0656 e. The zero-order valence-corrected chi connectivity index (χ0v) is 17.4. The van der Waals surface area contributed by atoms with Gasteiger partial charge in [0, 0.05) is 0 Å². The van der Waals surface area contributed by atoms with Crippen LogP contribution in [-0.4, -0.2) is 0 Å². The molecular formula is C25H40. The lowest BCUT2D eigenvalue weighted by molar-refractivity contribution is 0.0273. The van der Waals surface area contributed by atoms with Crippen molar-refractivity contribution in [1.82, 2.24) is 0 Å². The molecule has 0 aromatic heterocycles. The van der Waals surface area contributed by atoms with Gasteiger partial charge in [0.15, 0.2) is 0 Å². The first-order valence-corrected chi connectivity index (χ1v) is 11.2. The Morgan fingerprint density at radius 1 is 1.00 bits per heavy atom. The van der Waals surface area contributed by atoms with Crippen LogP contribution in [0.15, 0.2) is 18.2 Å². The molecule has 3 unspecified atom stereocenters. The van der Waals surface area contributed by atoms with E-state index in [1.54, 1.807) is 11.1 Å². The minimum atomic E-state index is 0.663. The zero-order chi connectivity index (χ0) is 18.0. The third-order valence-electron chi connectivity index (χ3n) is 7.89. The Morgan fingerprint density at radius 2 is 1.76 bits per heavy atom. The SMILES string of the molecule is CCC.CCc1ccc2c(c1)CCC1C2CC[C@@]2(C)C1CC[C@@H]2CC. The van der Waals surface area contributed by atoms with Gasteiger partial charge in [-0.25, -0.2) is 0 Å². The number of rotatable bonds is 2. The summed E-state index contributed by atoms with van der Waals surface area (Å²) in [4.78, 5) is 0. The van der Waals surface area contributed by atoms with E-state index in [9.17, 15) is 0 Å². The summed E-state index contributed by atoms with van der Waals surface area (Å²) in [5, 5.41) is 0. The molecule has 0 heterocycles. The summed E-state index contributed by atoms with van der Waals surface area (Å²) in [5.41, 5.74) is 5.62. The lowest BCUT2D eigenvalue weighted by Crippen LogP contribution is -2.42. The number of aryl methyl sites for hydroxylation is 2. The number of benzene rings is 1. The molecule has 5 atom stereocenters. The molecule has 0 N–H and O–H groups in total. The molecule has 3 aliphatic rings. The Balaban J connectivity index is 0.000000569. The minimum Gasteiger partial charge on any atom is -0.0656 e. The van der Waals surface area contributed by atoms with Gasteiger partial charge in [0.05, 0.1) is 0 Å². The average molecular weight is 341 g/mol. The van der Waals surface area contributed by atoms with Crippen LogP contribution >= 0.6 is 0 Å². The highest BCUT2D eigenvalue weighted by Crippen LogP contribution is 2.63. The second kappa shape index (κ2) is 7.85. The van der Waals surface area contributed by atoms with Crippen molar-refractivity contribution >= 4 is 0 Å².